The van der Waals surface area contributed by atoms with E-state index in [0.29, 0.717) is 18.1 Å². The average molecular weight is 633 g/mol. The number of unbranched alkanes of at least 4 members (excludes halogenated alkanes) is 1. The van der Waals surface area contributed by atoms with Gasteiger partial charge in [-0.15, -0.1) is 0 Å². The molecule has 0 aliphatic heterocycles. The van der Waals surface area contributed by atoms with E-state index in [-0.39, 0.29) is 5.75 Å². The summed E-state index contributed by atoms with van der Waals surface area (Å²) in [5.74, 6) is 1.85. The summed E-state index contributed by atoms with van der Waals surface area (Å²) in [5.41, 5.74) is 1.42. The maximum Gasteiger partial charge on any atom is 0.201 e. The molecule has 0 radical (unpaired) electrons. The zero-order valence-corrected chi connectivity index (χ0v) is 31.1. The van der Waals surface area contributed by atoms with Crippen LogP contribution < -0.4 is 4.74 Å². The fraction of sp³-hybridized carbons (Fsp3) is 0.789. The molecule has 1 aromatic carbocycles. The minimum Gasteiger partial charge on any atom is -0.490 e. The molecule has 0 heterocycles. The van der Waals surface area contributed by atoms with Gasteiger partial charge >= 0.3 is 0 Å². The molecule has 0 bridgehead atoms. The van der Waals surface area contributed by atoms with Gasteiger partial charge in [-0.3, -0.25) is 0 Å². The molecule has 2 aliphatic rings. The largest absolute Gasteiger partial charge is 0.490 e. The van der Waals surface area contributed by atoms with Gasteiger partial charge in [0.1, 0.15) is 0 Å². The van der Waals surface area contributed by atoms with Crippen LogP contribution in [0.15, 0.2) is 18.2 Å². The molecule has 43 heavy (non-hydrogen) atoms. The van der Waals surface area contributed by atoms with Gasteiger partial charge in [0.25, 0.3) is 0 Å². The van der Waals surface area contributed by atoms with E-state index in [2.05, 4.69) is 53.0 Å². The molecule has 0 N–H and O–H groups in total. The predicted octanol–water partition coefficient (Wildman–Crippen LogP) is 13.2. The molecule has 0 spiro atoms. The van der Waals surface area contributed by atoms with Gasteiger partial charge in [0.2, 0.25) is 5.82 Å². The summed E-state index contributed by atoms with van der Waals surface area (Å²) in [6.45, 7) is 17.7. The van der Waals surface area contributed by atoms with Crippen molar-refractivity contribution in [3.05, 3.63) is 35.4 Å². The number of ether oxygens (including phenoxy) is 1. The second-order valence-electron chi connectivity index (χ2n) is 16.1. The minimum atomic E-state index is -1.23. The molecular weight excluding hydrogens is 567 g/mol. The van der Waals surface area contributed by atoms with E-state index < -0.39 is 27.8 Å². The third-order valence-electron chi connectivity index (χ3n) is 11.3. The van der Waals surface area contributed by atoms with Crippen molar-refractivity contribution in [1.82, 2.24) is 0 Å². The Morgan fingerprint density at radius 1 is 0.814 bits per heavy atom. The minimum absolute atomic E-state index is 0.0699. The van der Waals surface area contributed by atoms with Crippen LogP contribution in [-0.2, 0) is 0 Å². The molecule has 0 aromatic heterocycles. The highest BCUT2D eigenvalue weighted by Gasteiger charge is 2.30. The standard InChI is InChI=1S/C38H66F2OSi2/c1-8-13-31-14-16-32(17-15-31)33-18-20-34(21-19-33)35-22-23-36(38(40)37(35)39)41-25-10-11-26-42(4,5)27-12-28-43(6,7)29-24-30(3)9-2/h20,22-23,30-33H,8-19,21,24-29H2,1-7H3. The van der Waals surface area contributed by atoms with Crippen molar-refractivity contribution < 1.29 is 13.5 Å². The monoisotopic (exact) mass is 632 g/mol. The molecule has 0 amide bonds. The third-order valence-corrected chi connectivity index (χ3v) is 18.1. The topological polar surface area (TPSA) is 9.23 Å². The zero-order chi connectivity index (χ0) is 31.5. The Kier molecular flexibility index (Phi) is 15.0. The van der Waals surface area contributed by atoms with Gasteiger partial charge in [0, 0.05) is 21.7 Å². The molecular formula is C38H66F2OSi2. The molecule has 2 atom stereocenters. The van der Waals surface area contributed by atoms with Crippen LogP contribution in [0.3, 0.4) is 0 Å². The fourth-order valence-electron chi connectivity index (χ4n) is 7.80. The first-order valence-electron chi connectivity index (χ1n) is 18.2. The molecule has 0 saturated heterocycles. The summed E-state index contributed by atoms with van der Waals surface area (Å²) < 4.78 is 36.0. The van der Waals surface area contributed by atoms with Crippen molar-refractivity contribution in [3.8, 4) is 5.75 Å². The number of allylic oxidation sites excluding steroid dienone is 2. The number of hydrogen-bond acceptors (Lipinski definition) is 1. The van der Waals surface area contributed by atoms with Crippen LogP contribution in [0, 0.1) is 35.3 Å². The van der Waals surface area contributed by atoms with E-state index in [1.807, 2.05) is 0 Å². The van der Waals surface area contributed by atoms with Gasteiger partial charge in [-0.25, -0.2) is 4.39 Å². The van der Waals surface area contributed by atoms with Crippen LogP contribution >= 0.6 is 0 Å². The van der Waals surface area contributed by atoms with E-state index in [4.69, 9.17) is 4.74 Å². The van der Waals surface area contributed by atoms with Gasteiger partial charge in [-0.2, -0.15) is 4.39 Å². The van der Waals surface area contributed by atoms with Crippen LogP contribution in [0.25, 0.3) is 5.57 Å². The van der Waals surface area contributed by atoms with Crippen LogP contribution in [0.4, 0.5) is 8.78 Å². The lowest BCUT2D eigenvalue weighted by atomic mass is 9.70. The van der Waals surface area contributed by atoms with E-state index in [9.17, 15) is 0 Å². The Bertz CT molecular complexity index is 996. The van der Waals surface area contributed by atoms with E-state index in [0.717, 1.165) is 55.4 Å². The summed E-state index contributed by atoms with van der Waals surface area (Å²) in [5, 5.41) is 0. The van der Waals surface area contributed by atoms with Crippen LogP contribution in [-0.4, -0.2) is 22.8 Å². The molecule has 1 fully saturated rings. The van der Waals surface area contributed by atoms with Gasteiger partial charge < -0.3 is 4.74 Å². The highest BCUT2D eigenvalue weighted by molar-refractivity contribution is 6.79. The van der Waals surface area contributed by atoms with E-state index in [1.165, 1.54) is 82.0 Å². The quantitative estimate of drug-likeness (QED) is 0.116. The van der Waals surface area contributed by atoms with Gasteiger partial charge in [-0.05, 0) is 79.9 Å². The van der Waals surface area contributed by atoms with Crippen LogP contribution in [0.1, 0.15) is 116 Å². The van der Waals surface area contributed by atoms with Crippen LogP contribution in [0.5, 0.6) is 5.75 Å². The third kappa shape index (κ3) is 12.1. The smallest absolute Gasteiger partial charge is 0.201 e. The Labute approximate surface area is 267 Å². The first-order valence-corrected chi connectivity index (χ1v) is 25.1. The van der Waals surface area contributed by atoms with Crippen molar-refractivity contribution in [3.63, 3.8) is 0 Å². The summed E-state index contributed by atoms with van der Waals surface area (Å²) >= 11 is 0. The summed E-state index contributed by atoms with van der Waals surface area (Å²) in [6, 6.07) is 9.03. The lowest BCUT2D eigenvalue weighted by Gasteiger charge is -2.35. The lowest BCUT2D eigenvalue weighted by Crippen LogP contribution is -2.29. The highest BCUT2D eigenvalue weighted by Crippen LogP contribution is 2.43. The van der Waals surface area contributed by atoms with Crippen molar-refractivity contribution in [1.29, 1.82) is 0 Å². The maximum absolute atomic E-state index is 15.2. The van der Waals surface area contributed by atoms with Crippen molar-refractivity contribution in [2.75, 3.05) is 6.61 Å². The number of halogens is 2. The maximum atomic E-state index is 15.2. The highest BCUT2D eigenvalue weighted by atomic mass is 28.3. The molecule has 3 rings (SSSR count). The Morgan fingerprint density at radius 3 is 2.12 bits per heavy atom. The summed E-state index contributed by atoms with van der Waals surface area (Å²) in [6.07, 6.45) is 19.4. The lowest BCUT2D eigenvalue weighted by molar-refractivity contribution is 0.189. The van der Waals surface area contributed by atoms with Crippen molar-refractivity contribution in [2.45, 2.75) is 161 Å². The second kappa shape index (κ2) is 17.7. The van der Waals surface area contributed by atoms with Gasteiger partial charge in [-0.1, -0.05) is 129 Å². The SMILES string of the molecule is CCCC1CCC(C2CC=C(c3ccc(OCCCC[Si](C)(C)CCC[Si](C)(C)CCC(C)CC)c(F)c3F)CC2)CC1. The predicted molar refractivity (Wildman–Crippen MR) is 190 cm³/mol. The average Bonchev–Trinajstić information content (AvgIpc) is 2.98. The zero-order valence-electron chi connectivity index (χ0n) is 29.1. The summed E-state index contributed by atoms with van der Waals surface area (Å²) in [7, 11) is -2.30. The second-order valence-corrected chi connectivity index (χ2v) is 26.8. The Morgan fingerprint density at radius 2 is 1.49 bits per heavy atom. The van der Waals surface area contributed by atoms with Gasteiger partial charge in [0.05, 0.1) is 6.61 Å². The molecule has 246 valence electrons. The van der Waals surface area contributed by atoms with Crippen LogP contribution in [0.2, 0.25) is 50.4 Å². The molecule has 2 unspecified atom stereocenters. The number of benzene rings is 1. The first kappa shape index (κ1) is 36.5. The molecule has 5 heteroatoms. The molecule has 2 aliphatic carbocycles. The first-order chi connectivity index (χ1) is 20.4. The molecule has 1 saturated carbocycles. The van der Waals surface area contributed by atoms with Crippen molar-refractivity contribution >= 4 is 21.7 Å². The van der Waals surface area contributed by atoms with E-state index in [1.54, 1.807) is 12.1 Å². The number of hydrogen-bond donors (Lipinski definition) is 0. The fourth-order valence-corrected chi connectivity index (χ4v) is 13.4. The normalized spacial score (nSPS) is 22.3. The summed E-state index contributed by atoms with van der Waals surface area (Å²) in [4.78, 5) is 0. The molecule has 1 nitrogen and oxygen atoms in total. The number of rotatable bonds is 18. The van der Waals surface area contributed by atoms with Gasteiger partial charge in [0.15, 0.2) is 11.6 Å². The van der Waals surface area contributed by atoms with Crippen molar-refractivity contribution in [2.24, 2.45) is 23.7 Å². The Hall–Kier alpha value is -0.946. The van der Waals surface area contributed by atoms with E-state index >= 15 is 8.78 Å². The Balaban J connectivity index is 1.38. The molecule has 1 aromatic rings.